The van der Waals surface area contributed by atoms with E-state index in [0.717, 1.165) is 45.8 Å². The quantitative estimate of drug-likeness (QED) is 0.473. The van der Waals surface area contributed by atoms with Gasteiger partial charge in [0.2, 0.25) is 0 Å². The molecule has 0 radical (unpaired) electrons. The zero-order valence-corrected chi connectivity index (χ0v) is 21.7. The second-order valence-corrected chi connectivity index (χ2v) is 8.28. The number of allylic oxidation sites excluding steroid dienone is 2. The predicted octanol–water partition coefficient (Wildman–Crippen LogP) is 6.15. The topological polar surface area (TPSA) is 76.2 Å². The number of aryl methyl sites for hydroxylation is 2. The van der Waals surface area contributed by atoms with Crippen molar-refractivity contribution in [1.82, 2.24) is 19.7 Å². The van der Waals surface area contributed by atoms with Gasteiger partial charge in [-0.1, -0.05) is 51.5 Å². The van der Waals surface area contributed by atoms with Crippen LogP contribution in [0.4, 0.5) is 0 Å². The fraction of sp³-hybridized carbons (Fsp3) is 0.429. The highest BCUT2D eigenvalue weighted by molar-refractivity contribution is 6.09. The lowest BCUT2D eigenvalue weighted by Gasteiger charge is -2.08. The third-order valence-electron chi connectivity index (χ3n) is 5.84. The number of benzene rings is 1. The van der Waals surface area contributed by atoms with E-state index in [0.29, 0.717) is 5.92 Å². The predicted molar refractivity (Wildman–Crippen MR) is 143 cm³/mol. The molecular weight excluding hydrogens is 422 g/mol. The molecule has 0 bridgehead atoms. The molecule has 6 heteroatoms. The van der Waals surface area contributed by atoms with Crippen LogP contribution in [0.25, 0.3) is 28.1 Å². The first kappa shape index (κ1) is 27.1. The fourth-order valence-electron chi connectivity index (χ4n) is 3.86. The minimum Gasteiger partial charge on any atom is -0.393 e. The van der Waals surface area contributed by atoms with E-state index in [9.17, 15) is 0 Å². The summed E-state index contributed by atoms with van der Waals surface area (Å²) < 4.78 is 1.80. The Morgan fingerprint density at radius 3 is 2.38 bits per heavy atom. The number of nitrogens with zero attached hydrogens (tertiary/aromatic N) is 5. The van der Waals surface area contributed by atoms with Crippen LogP contribution in [0.15, 0.2) is 53.9 Å². The van der Waals surface area contributed by atoms with E-state index in [2.05, 4.69) is 34.1 Å². The summed E-state index contributed by atoms with van der Waals surface area (Å²) in [7, 11) is 3.68. The van der Waals surface area contributed by atoms with E-state index in [1.54, 1.807) is 11.7 Å². The average Bonchev–Trinajstić information content (AvgIpc) is 3.47. The van der Waals surface area contributed by atoms with Crippen molar-refractivity contribution >= 4 is 11.8 Å². The maximum absolute atomic E-state index is 9.00. The van der Waals surface area contributed by atoms with Crippen LogP contribution >= 0.6 is 0 Å². The molecule has 0 saturated heterocycles. The van der Waals surface area contributed by atoms with Gasteiger partial charge in [-0.2, -0.15) is 5.10 Å². The van der Waals surface area contributed by atoms with Crippen molar-refractivity contribution in [3.8, 4) is 22.5 Å². The highest BCUT2D eigenvalue weighted by Crippen LogP contribution is 2.26. The first-order valence-electron chi connectivity index (χ1n) is 12.1. The largest absolute Gasteiger partial charge is 0.393 e. The molecule has 2 aromatic heterocycles. The molecule has 1 fully saturated rings. The molecule has 0 amide bonds. The van der Waals surface area contributed by atoms with Gasteiger partial charge >= 0.3 is 0 Å². The van der Waals surface area contributed by atoms with Crippen molar-refractivity contribution in [3.63, 3.8) is 0 Å². The van der Waals surface area contributed by atoms with Crippen molar-refractivity contribution in [2.75, 3.05) is 7.05 Å². The number of aromatic nitrogens is 4. The van der Waals surface area contributed by atoms with Crippen LogP contribution in [-0.2, 0) is 7.05 Å². The van der Waals surface area contributed by atoms with Gasteiger partial charge in [-0.3, -0.25) is 9.67 Å². The summed E-state index contributed by atoms with van der Waals surface area (Å²) in [5.74, 6) is 1.29. The van der Waals surface area contributed by atoms with E-state index < -0.39 is 0 Å². The van der Waals surface area contributed by atoms with Gasteiger partial charge in [0.15, 0.2) is 5.82 Å². The Balaban J connectivity index is 0.000000384. The Morgan fingerprint density at radius 2 is 1.88 bits per heavy atom. The van der Waals surface area contributed by atoms with Crippen LogP contribution in [0, 0.1) is 12.8 Å². The van der Waals surface area contributed by atoms with Crippen LogP contribution in [0.5, 0.6) is 0 Å². The smallest absolute Gasteiger partial charge is 0.159 e. The van der Waals surface area contributed by atoms with Crippen molar-refractivity contribution in [1.29, 1.82) is 0 Å². The normalized spacial score (nSPS) is 17.7. The van der Waals surface area contributed by atoms with E-state index in [4.69, 9.17) is 10.1 Å². The molecule has 1 saturated carbocycles. The Bertz CT molecular complexity index is 1090. The summed E-state index contributed by atoms with van der Waals surface area (Å²) in [4.78, 5) is 13.4. The summed E-state index contributed by atoms with van der Waals surface area (Å²) in [5.41, 5.74) is 6.12. The van der Waals surface area contributed by atoms with Crippen LogP contribution < -0.4 is 0 Å². The lowest BCUT2D eigenvalue weighted by Crippen LogP contribution is -2.07. The van der Waals surface area contributed by atoms with Crippen LogP contribution in [0.2, 0.25) is 0 Å². The molecular formula is C28H39N5O. The van der Waals surface area contributed by atoms with Gasteiger partial charge in [0.25, 0.3) is 0 Å². The third-order valence-corrected chi connectivity index (χ3v) is 5.84. The lowest BCUT2D eigenvalue weighted by molar-refractivity contribution is 0.141. The van der Waals surface area contributed by atoms with Crippen LogP contribution in [0.3, 0.4) is 0 Å². The van der Waals surface area contributed by atoms with Crippen LogP contribution in [0.1, 0.15) is 58.2 Å². The number of hydrogen-bond donors (Lipinski definition) is 1. The summed E-state index contributed by atoms with van der Waals surface area (Å²) in [6.45, 7) is 10.1. The molecule has 6 nitrogen and oxygen atoms in total. The number of aliphatic hydroxyl groups excluding tert-OH is 1. The second kappa shape index (κ2) is 13.6. The molecule has 2 unspecified atom stereocenters. The average molecular weight is 462 g/mol. The summed E-state index contributed by atoms with van der Waals surface area (Å²) >= 11 is 0. The molecule has 0 spiro atoms. The van der Waals surface area contributed by atoms with Gasteiger partial charge in [0, 0.05) is 55.1 Å². The molecule has 1 aromatic carbocycles. The maximum Gasteiger partial charge on any atom is 0.159 e. The molecule has 1 aliphatic carbocycles. The Hall–Kier alpha value is -3.12. The van der Waals surface area contributed by atoms with Gasteiger partial charge in [0.05, 0.1) is 12.3 Å². The SMILES string of the molecule is C/C=C(\C=NC)c1cnc(-c2cccc(-c3cnn(C)c3)c2)nc1C.CC.CC1CCCC1O. The highest BCUT2D eigenvalue weighted by atomic mass is 16.3. The molecule has 4 rings (SSSR count). The number of rotatable bonds is 4. The van der Waals surface area contributed by atoms with Gasteiger partial charge in [-0.15, -0.1) is 0 Å². The molecule has 1 aliphatic rings. The van der Waals surface area contributed by atoms with E-state index >= 15 is 0 Å². The molecule has 2 atom stereocenters. The molecule has 0 aliphatic heterocycles. The fourth-order valence-corrected chi connectivity index (χ4v) is 3.86. The van der Waals surface area contributed by atoms with Crippen molar-refractivity contribution < 1.29 is 5.11 Å². The number of aliphatic hydroxyl groups is 1. The summed E-state index contributed by atoms with van der Waals surface area (Å²) in [6.07, 6.45) is 13.1. The van der Waals surface area contributed by atoms with Crippen molar-refractivity contribution in [2.45, 2.75) is 60.0 Å². The Labute approximate surface area is 204 Å². The monoisotopic (exact) mass is 461 g/mol. The zero-order valence-electron chi connectivity index (χ0n) is 21.7. The van der Waals surface area contributed by atoms with Crippen molar-refractivity contribution in [2.24, 2.45) is 18.0 Å². The van der Waals surface area contributed by atoms with Gasteiger partial charge in [-0.05, 0) is 49.8 Å². The maximum atomic E-state index is 9.00. The van der Waals surface area contributed by atoms with Gasteiger partial charge in [0.1, 0.15) is 0 Å². The summed E-state index contributed by atoms with van der Waals surface area (Å²) in [6, 6.07) is 8.21. The van der Waals surface area contributed by atoms with E-state index in [1.807, 2.05) is 77.8 Å². The van der Waals surface area contributed by atoms with E-state index in [-0.39, 0.29) is 6.10 Å². The first-order chi connectivity index (χ1) is 16.4. The lowest BCUT2D eigenvalue weighted by atomic mass is 10.0. The van der Waals surface area contributed by atoms with Crippen LogP contribution in [-0.4, -0.2) is 44.2 Å². The standard InChI is InChI=1S/C20H21N5.C6H12O.C2H6/c1-5-15(10-21-3)19-12-22-20(24-14(19)2)17-8-6-7-16(9-17)18-11-23-25(4)13-18;1-5-3-2-4-6(5)7;1-2/h5-13H,1-4H3;5-7H,2-4H2,1H3;1-2H3/b15-5+,21-10?;;. The Morgan fingerprint density at radius 1 is 1.15 bits per heavy atom. The van der Waals surface area contributed by atoms with Gasteiger partial charge in [-0.25, -0.2) is 9.97 Å². The molecule has 182 valence electrons. The minimum atomic E-state index is 0.0139. The third kappa shape index (κ3) is 7.19. The molecule has 1 N–H and O–H groups in total. The van der Waals surface area contributed by atoms with E-state index in [1.165, 1.54) is 12.8 Å². The highest BCUT2D eigenvalue weighted by Gasteiger charge is 2.19. The number of hydrogen-bond acceptors (Lipinski definition) is 5. The summed E-state index contributed by atoms with van der Waals surface area (Å²) in [5, 5.41) is 13.2. The first-order valence-corrected chi connectivity index (χ1v) is 12.1. The number of aliphatic imine (C=N–C) groups is 1. The molecule has 2 heterocycles. The molecule has 34 heavy (non-hydrogen) atoms. The van der Waals surface area contributed by atoms with Crippen molar-refractivity contribution in [3.05, 3.63) is 60.2 Å². The van der Waals surface area contributed by atoms with Gasteiger partial charge < -0.3 is 5.11 Å². The second-order valence-electron chi connectivity index (χ2n) is 8.28. The molecule has 3 aromatic rings. The minimum absolute atomic E-state index is 0.0139. The Kier molecular flexibility index (Phi) is 10.8. The zero-order chi connectivity index (χ0) is 25.1.